The molecule has 1 aromatic heterocycles. The number of hydrogen-bond donors (Lipinski definition) is 1. The van der Waals surface area contributed by atoms with E-state index in [1.165, 1.54) is 0 Å². The average Bonchev–Trinajstić information content (AvgIpc) is 2.50. The van der Waals surface area contributed by atoms with E-state index in [9.17, 15) is 0 Å². The number of pyridine rings is 1. The fourth-order valence-corrected chi connectivity index (χ4v) is 2.57. The summed E-state index contributed by atoms with van der Waals surface area (Å²) in [4.78, 5) is 9.39. The monoisotopic (exact) mass is 286 g/mol. The summed E-state index contributed by atoms with van der Waals surface area (Å²) in [6.45, 7) is 5.74. The van der Waals surface area contributed by atoms with E-state index >= 15 is 0 Å². The molecule has 1 heterocycles. The highest BCUT2D eigenvalue weighted by atomic mass is 15.2. The molecule has 0 aliphatic heterocycles. The minimum atomic E-state index is 0.525. The molecule has 4 heteroatoms. The van der Waals surface area contributed by atoms with Gasteiger partial charge in [-0.25, -0.2) is 4.98 Å². The van der Waals surface area contributed by atoms with Crippen molar-refractivity contribution in [1.82, 2.24) is 9.88 Å². The number of para-hydroxylation sites is 1. The summed E-state index contributed by atoms with van der Waals surface area (Å²) in [6.07, 6.45) is 1.12. The summed E-state index contributed by atoms with van der Waals surface area (Å²) in [5, 5.41) is 1.16. The summed E-state index contributed by atoms with van der Waals surface area (Å²) in [5.74, 6) is 1.04. The van der Waals surface area contributed by atoms with Gasteiger partial charge in [0.05, 0.1) is 5.52 Å². The van der Waals surface area contributed by atoms with Crippen molar-refractivity contribution in [3.63, 3.8) is 0 Å². The Kier molecular flexibility index (Phi) is 5.53. The highest BCUT2D eigenvalue weighted by Crippen LogP contribution is 2.23. The van der Waals surface area contributed by atoms with Crippen LogP contribution in [0.25, 0.3) is 10.9 Å². The molecule has 0 aliphatic rings. The fraction of sp³-hybridized carbons (Fsp3) is 0.471. The van der Waals surface area contributed by atoms with Crippen LogP contribution in [0.1, 0.15) is 18.9 Å². The molecule has 0 atom stereocenters. The Balaban J connectivity index is 2.28. The molecule has 0 bridgehead atoms. The maximum absolute atomic E-state index is 5.94. The van der Waals surface area contributed by atoms with Crippen LogP contribution in [0, 0.1) is 0 Å². The third-order valence-electron chi connectivity index (χ3n) is 3.71. The molecule has 2 N–H and O–H groups in total. The second-order valence-corrected chi connectivity index (χ2v) is 5.60. The minimum absolute atomic E-state index is 0.525. The third-order valence-corrected chi connectivity index (χ3v) is 3.71. The number of hydrogen-bond acceptors (Lipinski definition) is 4. The lowest BCUT2D eigenvalue weighted by Crippen LogP contribution is -2.29. The van der Waals surface area contributed by atoms with E-state index in [1.54, 1.807) is 0 Å². The van der Waals surface area contributed by atoms with Crippen LogP contribution in [0.15, 0.2) is 30.3 Å². The van der Waals surface area contributed by atoms with E-state index in [2.05, 4.69) is 49.0 Å². The van der Waals surface area contributed by atoms with Gasteiger partial charge in [-0.3, -0.25) is 0 Å². The molecule has 0 aliphatic carbocycles. The first-order valence-electron chi connectivity index (χ1n) is 7.64. The van der Waals surface area contributed by atoms with Crippen molar-refractivity contribution in [3.05, 3.63) is 35.9 Å². The fourth-order valence-electron chi connectivity index (χ4n) is 2.57. The van der Waals surface area contributed by atoms with Gasteiger partial charge in [0.15, 0.2) is 0 Å². The zero-order valence-corrected chi connectivity index (χ0v) is 13.3. The Labute approximate surface area is 127 Å². The van der Waals surface area contributed by atoms with Crippen molar-refractivity contribution in [2.24, 2.45) is 5.73 Å². The normalized spacial score (nSPS) is 11.3. The van der Waals surface area contributed by atoms with E-state index in [0.29, 0.717) is 6.54 Å². The van der Waals surface area contributed by atoms with Gasteiger partial charge in [-0.1, -0.05) is 18.2 Å². The topological polar surface area (TPSA) is 45.4 Å². The minimum Gasteiger partial charge on any atom is -0.357 e. The van der Waals surface area contributed by atoms with Crippen molar-refractivity contribution in [2.75, 3.05) is 38.6 Å². The van der Waals surface area contributed by atoms with E-state index in [1.807, 2.05) is 12.1 Å². The smallest absolute Gasteiger partial charge is 0.133 e. The quantitative estimate of drug-likeness (QED) is 0.849. The maximum Gasteiger partial charge on any atom is 0.133 e. The van der Waals surface area contributed by atoms with Gasteiger partial charge in [-0.05, 0) is 46.1 Å². The molecular formula is C17H26N4. The SMILES string of the molecule is CCN(CCCN(C)C)c1nc2ccccc2cc1CN. The van der Waals surface area contributed by atoms with Gasteiger partial charge < -0.3 is 15.5 Å². The van der Waals surface area contributed by atoms with Gasteiger partial charge in [0.2, 0.25) is 0 Å². The van der Waals surface area contributed by atoms with Gasteiger partial charge in [0, 0.05) is 30.6 Å². The Morgan fingerprint density at radius 1 is 1.14 bits per heavy atom. The molecule has 0 unspecified atom stereocenters. The highest BCUT2D eigenvalue weighted by Gasteiger charge is 2.12. The van der Waals surface area contributed by atoms with Crippen molar-refractivity contribution in [1.29, 1.82) is 0 Å². The lowest BCUT2D eigenvalue weighted by Gasteiger charge is -2.25. The van der Waals surface area contributed by atoms with Crippen molar-refractivity contribution in [2.45, 2.75) is 19.9 Å². The van der Waals surface area contributed by atoms with Gasteiger partial charge in [-0.2, -0.15) is 0 Å². The molecular weight excluding hydrogens is 260 g/mol. The Morgan fingerprint density at radius 2 is 1.90 bits per heavy atom. The first kappa shape index (κ1) is 15.7. The first-order valence-corrected chi connectivity index (χ1v) is 7.64. The molecule has 0 spiro atoms. The van der Waals surface area contributed by atoms with Crippen LogP contribution < -0.4 is 10.6 Å². The zero-order chi connectivity index (χ0) is 15.2. The standard InChI is InChI=1S/C17H26N4/c1-4-21(11-7-10-20(2)3)17-15(13-18)12-14-8-5-6-9-16(14)19-17/h5-6,8-9,12H,4,7,10-11,13,18H2,1-3H3. The molecule has 4 nitrogen and oxygen atoms in total. The number of nitrogens with zero attached hydrogens (tertiary/aromatic N) is 3. The first-order chi connectivity index (χ1) is 10.2. The van der Waals surface area contributed by atoms with Gasteiger partial charge in [0.25, 0.3) is 0 Å². The van der Waals surface area contributed by atoms with Crippen LogP contribution in [-0.4, -0.2) is 43.6 Å². The molecule has 0 fully saturated rings. The lowest BCUT2D eigenvalue weighted by atomic mass is 10.1. The Morgan fingerprint density at radius 3 is 2.57 bits per heavy atom. The van der Waals surface area contributed by atoms with Crippen LogP contribution in [0.2, 0.25) is 0 Å². The summed E-state index contributed by atoms with van der Waals surface area (Å²) >= 11 is 0. The van der Waals surface area contributed by atoms with E-state index in [4.69, 9.17) is 10.7 Å². The van der Waals surface area contributed by atoms with Gasteiger partial charge in [0.1, 0.15) is 5.82 Å². The molecule has 114 valence electrons. The second-order valence-electron chi connectivity index (χ2n) is 5.60. The Bertz CT molecular complexity index is 580. The van der Waals surface area contributed by atoms with Gasteiger partial charge in [-0.15, -0.1) is 0 Å². The summed E-state index contributed by atoms with van der Waals surface area (Å²) < 4.78 is 0. The molecule has 1 aromatic carbocycles. The number of aromatic nitrogens is 1. The van der Waals surface area contributed by atoms with Crippen molar-refractivity contribution in [3.8, 4) is 0 Å². The average molecular weight is 286 g/mol. The number of nitrogens with two attached hydrogens (primary N) is 1. The molecule has 0 saturated heterocycles. The lowest BCUT2D eigenvalue weighted by molar-refractivity contribution is 0.400. The van der Waals surface area contributed by atoms with Crippen molar-refractivity contribution >= 4 is 16.7 Å². The van der Waals surface area contributed by atoms with Crippen LogP contribution in [0.4, 0.5) is 5.82 Å². The molecule has 0 amide bonds. The predicted octanol–water partition coefficient (Wildman–Crippen LogP) is 2.47. The Hall–Kier alpha value is -1.65. The highest BCUT2D eigenvalue weighted by molar-refractivity contribution is 5.81. The summed E-state index contributed by atoms with van der Waals surface area (Å²) in [5.41, 5.74) is 8.10. The number of anilines is 1. The van der Waals surface area contributed by atoms with Crippen LogP contribution in [0.5, 0.6) is 0 Å². The summed E-state index contributed by atoms with van der Waals surface area (Å²) in [7, 11) is 4.21. The van der Waals surface area contributed by atoms with Crippen LogP contribution >= 0.6 is 0 Å². The number of rotatable bonds is 7. The molecule has 21 heavy (non-hydrogen) atoms. The van der Waals surface area contributed by atoms with Crippen LogP contribution in [0.3, 0.4) is 0 Å². The van der Waals surface area contributed by atoms with E-state index in [0.717, 1.165) is 48.3 Å². The number of benzene rings is 1. The van der Waals surface area contributed by atoms with E-state index < -0.39 is 0 Å². The predicted molar refractivity (Wildman–Crippen MR) is 90.7 cm³/mol. The third kappa shape index (κ3) is 3.93. The summed E-state index contributed by atoms with van der Waals surface area (Å²) in [6, 6.07) is 10.4. The molecule has 2 aromatic rings. The van der Waals surface area contributed by atoms with Crippen molar-refractivity contribution < 1.29 is 0 Å². The molecule has 2 rings (SSSR count). The second kappa shape index (κ2) is 7.38. The molecule has 0 radical (unpaired) electrons. The maximum atomic E-state index is 5.94. The van der Waals surface area contributed by atoms with Gasteiger partial charge >= 0.3 is 0 Å². The van der Waals surface area contributed by atoms with Crippen LogP contribution in [-0.2, 0) is 6.54 Å². The zero-order valence-electron chi connectivity index (χ0n) is 13.3. The number of fused-ring (bicyclic) bond motifs is 1. The molecule has 0 saturated carbocycles. The largest absolute Gasteiger partial charge is 0.357 e. The van der Waals surface area contributed by atoms with E-state index in [-0.39, 0.29) is 0 Å².